The molecule has 1 aromatic carbocycles. The van der Waals surface area contributed by atoms with Crippen LogP contribution >= 0.6 is 0 Å². The molecule has 1 aromatic rings. The molecule has 0 N–H and O–H groups in total. The second-order valence-electron chi connectivity index (χ2n) is 6.53. The molecule has 3 aliphatic rings. The topological polar surface area (TPSA) is 57.3 Å². The number of carbonyl (C=O) groups excluding carboxylic acids is 1. The highest BCUT2D eigenvalue weighted by Crippen LogP contribution is 2.61. The van der Waals surface area contributed by atoms with Crippen molar-refractivity contribution in [2.24, 2.45) is 5.92 Å². The van der Waals surface area contributed by atoms with Gasteiger partial charge in [-0.15, -0.1) is 0 Å². The molecule has 5 nitrogen and oxygen atoms in total. The summed E-state index contributed by atoms with van der Waals surface area (Å²) in [6, 6.07) is 4.16. The SMILES string of the molecule is CCOC(=O)C1C2Oc3c(C)ccc(C(C)OC[C@H]4CO4)c3C21. The van der Waals surface area contributed by atoms with Gasteiger partial charge in [-0.3, -0.25) is 4.79 Å². The quantitative estimate of drug-likeness (QED) is 0.596. The highest BCUT2D eigenvalue weighted by molar-refractivity contribution is 5.81. The Hall–Kier alpha value is -1.59. The lowest BCUT2D eigenvalue weighted by Gasteiger charge is -2.19. The zero-order valence-corrected chi connectivity index (χ0v) is 13.7. The molecule has 2 aliphatic heterocycles. The fourth-order valence-electron chi connectivity index (χ4n) is 3.51. The van der Waals surface area contributed by atoms with Crippen LogP contribution in [0.5, 0.6) is 5.75 Å². The van der Waals surface area contributed by atoms with Crippen molar-refractivity contribution in [2.45, 2.75) is 45.0 Å². The van der Waals surface area contributed by atoms with Gasteiger partial charge in [0.2, 0.25) is 0 Å². The Bertz CT molecular complexity index is 637. The van der Waals surface area contributed by atoms with Gasteiger partial charge >= 0.3 is 5.97 Å². The molecule has 0 radical (unpaired) electrons. The smallest absolute Gasteiger partial charge is 0.313 e. The second-order valence-corrected chi connectivity index (χ2v) is 6.53. The first-order chi connectivity index (χ1) is 11.1. The van der Waals surface area contributed by atoms with Gasteiger partial charge in [-0.05, 0) is 31.9 Å². The van der Waals surface area contributed by atoms with Crippen molar-refractivity contribution in [1.29, 1.82) is 0 Å². The molecule has 0 spiro atoms. The summed E-state index contributed by atoms with van der Waals surface area (Å²) >= 11 is 0. The maximum Gasteiger partial charge on any atom is 0.313 e. The van der Waals surface area contributed by atoms with E-state index in [1.165, 1.54) is 0 Å². The van der Waals surface area contributed by atoms with Gasteiger partial charge < -0.3 is 18.9 Å². The summed E-state index contributed by atoms with van der Waals surface area (Å²) in [6.07, 6.45) is 0.135. The average Bonchev–Trinajstić information content (AvgIpc) is 3.44. The van der Waals surface area contributed by atoms with Gasteiger partial charge in [-0.2, -0.15) is 0 Å². The van der Waals surface area contributed by atoms with Crippen LogP contribution in [0.3, 0.4) is 0 Å². The first-order valence-electron chi connectivity index (χ1n) is 8.31. The highest BCUT2D eigenvalue weighted by Gasteiger charge is 2.64. The van der Waals surface area contributed by atoms with E-state index in [2.05, 4.69) is 12.1 Å². The number of hydrogen-bond acceptors (Lipinski definition) is 5. The second kappa shape index (κ2) is 5.49. The Labute approximate surface area is 135 Å². The predicted molar refractivity (Wildman–Crippen MR) is 82.6 cm³/mol. The molecule has 23 heavy (non-hydrogen) atoms. The number of rotatable bonds is 6. The Kier molecular flexibility index (Phi) is 3.58. The van der Waals surface area contributed by atoms with E-state index in [4.69, 9.17) is 18.9 Å². The van der Waals surface area contributed by atoms with Crippen LogP contribution < -0.4 is 4.74 Å². The number of esters is 1. The number of benzene rings is 1. The lowest BCUT2D eigenvalue weighted by molar-refractivity contribution is -0.145. The molecule has 4 unspecified atom stereocenters. The summed E-state index contributed by atoms with van der Waals surface area (Å²) in [4.78, 5) is 12.1. The number of aryl methyl sites for hydroxylation is 1. The minimum absolute atomic E-state index is 0.0423. The molecule has 5 heteroatoms. The molecular formula is C18H22O5. The third kappa shape index (κ3) is 2.52. The lowest BCUT2D eigenvalue weighted by Crippen LogP contribution is -2.14. The van der Waals surface area contributed by atoms with Crippen LogP contribution in [0.25, 0.3) is 0 Å². The van der Waals surface area contributed by atoms with Crippen molar-refractivity contribution in [3.05, 3.63) is 28.8 Å². The van der Waals surface area contributed by atoms with Crippen LogP contribution in [-0.2, 0) is 19.0 Å². The normalized spacial score (nSPS) is 30.9. The van der Waals surface area contributed by atoms with E-state index in [0.29, 0.717) is 13.2 Å². The minimum atomic E-state index is -0.165. The zero-order valence-electron chi connectivity index (χ0n) is 13.7. The molecule has 1 aliphatic carbocycles. The Balaban J connectivity index is 1.58. The summed E-state index contributed by atoms with van der Waals surface area (Å²) in [6.45, 7) is 7.72. The number of carbonyl (C=O) groups is 1. The Morgan fingerprint density at radius 3 is 2.91 bits per heavy atom. The molecule has 1 saturated heterocycles. The fraction of sp³-hybridized carbons (Fsp3) is 0.611. The van der Waals surface area contributed by atoms with Crippen molar-refractivity contribution < 1.29 is 23.7 Å². The maximum atomic E-state index is 12.1. The molecule has 4 rings (SSSR count). The summed E-state index contributed by atoms with van der Waals surface area (Å²) in [5.41, 5.74) is 3.36. The van der Waals surface area contributed by atoms with E-state index in [0.717, 1.165) is 29.0 Å². The summed E-state index contributed by atoms with van der Waals surface area (Å²) in [5.74, 6) is 0.723. The van der Waals surface area contributed by atoms with Crippen LogP contribution in [0.1, 0.15) is 42.6 Å². The molecule has 0 amide bonds. The van der Waals surface area contributed by atoms with Crippen LogP contribution in [0.2, 0.25) is 0 Å². The van der Waals surface area contributed by atoms with E-state index in [-0.39, 0.29) is 36.1 Å². The van der Waals surface area contributed by atoms with Gasteiger partial charge in [0.25, 0.3) is 0 Å². The molecule has 124 valence electrons. The van der Waals surface area contributed by atoms with Gasteiger partial charge in [-0.1, -0.05) is 12.1 Å². The van der Waals surface area contributed by atoms with Crippen molar-refractivity contribution in [3.63, 3.8) is 0 Å². The van der Waals surface area contributed by atoms with E-state index in [1.54, 1.807) is 0 Å². The molecule has 5 atom stereocenters. The standard InChI is InChI=1S/C18H22O5/c1-4-20-18(19)15-14-13-12(10(3)21-7-11-8-22-11)6-5-9(2)16(13)23-17(14)15/h5-6,10-11,14-15,17H,4,7-8H2,1-3H3/t10?,11-,14?,15?,17?/m0/s1. The molecule has 1 saturated carbocycles. The zero-order chi connectivity index (χ0) is 16.1. The van der Waals surface area contributed by atoms with E-state index in [9.17, 15) is 4.79 Å². The average molecular weight is 318 g/mol. The van der Waals surface area contributed by atoms with E-state index >= 15 is 0 Å². The maximum absolute atomic E-state index is 12.1. The first-order valence-corrected chi connectivity index (χ1v) is 8.31. The van der Waals surface area contributed by atoms with Crippen LogP contribution in [0.4, 0.5) is 0 Å². The van der Waals surface area contributed by atoms with Crippen LogP contribution in [0.15, 0.2) is 12.1 Å². The largest absolute Gasteiger partial charge is 0.488 e. The number of fused-ring (bicyclic) bond motifs is 3. The van der Waals surface area contributed by atoms with Crippen molar-refractivity contribution >= 4 is 5.97 Å². The van der Waals surface area contributed by atoms with E-state index in [1.807, 2.05) is 20.8 Å². The van der Waals surface area contributed by atoms with Crippen molar-refractivity contribution in [2.75, 3.05) is 19.8 Å². The number of ether oxygens (including phenoxy) is 4. The molecular weight excluding hydrogens is 296 g/mol. The Morgan fingerprint density at radius 1 is 1.43 bits per heavy atom. The van der Waals surface area contributed by atoms with Crippen molar-refractivity contribution in [1.82, 2.24) is 0 Å². The fourth-order valence-corrected chi connectivity index (χ4v) is 3.51. The molecule has 2 heterocycles. The first kappa shape index (κ1) is 15.0. The number of epoxide rings is 1. The van der Waals surface area contributed by atoms with Gasteiger partial charge in [0, 0.05) is 11.5 Å². The minimum Gasteiger partial charge on any atom is -0.488 e. The molecule has 0 bridgehead atoms. The molecule has 2 fully saturated rings. The van der Waals surface area contributed by atoms with Crippen LogP contribution in [-0.4, -0.2) is 38.0 Å². The van der Waals surface area contributed by atoms with Crippen LogP contribution in [0, 0.1) is 12.8 Å². The number of hydrogen-bond donors (Lipinski definition) is 0. The predicted octanol–water partition coefficient (Wildman–Crippen LogP) is 2.51. The van der Waals surface area contributed by atoms with Gasteiger partial charge in [0.1, 0.15) is 23.9 Å². The van der Waals surface area contributed by atoms with Gasteiger partial charge in [0.05, 0.1) is 25.9 Å². The van der Waals surface area contributed by atoms with Gasteiger partial charge in [0.15, 0.2) is 0 Å². The highest BCUT2D eigenvalue weighted by atomic mass is 16.6. The summed E-state index contributed by atoms with van der Waals surface area (Å²) in [7, 11) is 0. The Morgan fingerprint density at radius 2 is 2.22 bits per heavy atom. The third-order valence-electron chi connectivity index (χ3n) is 4.90. The van der Waals surface area contributed by atoms with Crippen molar-refractivity contribution in [3.8, 4) is 5.75 Å². The summed E-state index contributed by atoms with van der Waals surface area (Å²) < 4.78 is 22.3. The lowest BCUT2D eigenvalue weighted by atomic mass is 9.95. The monoisotopic (exact) mass is 318 g/mol. The third-order valence-corrected chi connectivity index (χ3v) is 4.90. The molecule has 0 aromatic heterocycles. The van der Waals surface area contributed by atoms with E-state index < -0.39 is 0 Å². The summed E-state index contributed by atoms with van der Waals surface area (Å²) in [5, 5.41) is 0. The van der Waals surface area contributed by atoms with Gasteiger partial charge in [-0.25, -0.2) is 0 Å².